The highest BCUT2D eigenvalue weighted by Gasteiger charge is 2.23. The smallest absolute Gasteiger partial charge is 0.407 e. The Bertz CT molecular complexity index is 655. The van der Waals surface area contributed by atoms with Crippen molar-refractivity contribution in [3.8, 4) is 0 Å². The Morgan fingerprint density at radius 3 is 2.17 bits per heavy atom. The molecule has 0 aromatic heterocycles. The van der Waals surface area contributed by atoms with E-state index >= 15 is 0 Å². The van der Waals surface area contributed by atoms with E-state index in [1.165, 1.54) is 0 Å². The van der Waals surface area contributed by atoms with Crippen LogP contribution in [0.1, 0.15) is 18.1 Å². The van der Waals surface area contributed by atoms with Gasteiger partial charge in [-0.2, -0.15) is 0 Å². The van der Waals surface area contributed by atoms with Crippen molar-refractivity contribution in [2.75, 3.05) is 0 Å². The number of carbonyl (C=O) groups excluding carboxylic acids is 1. The van der Waals surface area contributed by atoms with E-state index in [4.69, 9.17) is 4.74 Å². The van der Waals surface area contributed by atoms with Crippen LogP contribution in [0.25, 0.3) is 0 Å². The number of nitrogens with one attached hydrogen (secondary N) is 1. The maximum Gasteiger partial charge on any atom is 0.407 e. The summed E-state index contributed by atoms with van der Waals surface area (Å²) in [6.07, 6.45) is -0.899. The quantitative estimate of drug-likeness (QED) is 0.767. The van der Waals surface area contributed by atoms with E-state index in [1.807, 2.05) is 60.7 Å². The second-order valence-corrected chi connectivity index (χ2v) is 5.79. The molecule has 24 heavy (non-hydrogen) atoms. The SMILES string of the molecule is C=C(C)[C@@H](O)[C@H](Cc1ccccc1)NC(=O)OCc1ccccc1. The molecule has 0 aliphatic carbocycles. The molecule has 1 amide bonds. The first-order chi connectivity index (χ1) is 11.6. The van der Waals surface area contributed by atoms with Crippen molar-refractivity contribution < 1.29 is 14.6 Å². The summed E-state index contributed by atoms with van der Waals surface area (Å²) in [5, 5.41) is 13.1. The van der Waals surface area contributed by atoms with Crippen LogP contribution in [0.5, 0.6) is 0 Å². The van der Waals surface area contributed by atoms with E-state index in [0.717, 1.165) is 11.1 Å². The molecule has 0 saturated heterocycles. The summed E-state index contributed by atoms with van der Waals surface area (Å²) < 4.78 is 5.24. The van der Waals surface area contributed by atoms with Crippen molar-refractivity contribution in [1.82, 2.24) is 5.32 Å². The topological polar surface area (TPSA) is 58.6 Å². The largest absolute Gasteiger partial charge is 0.445 e. The van der Waals surface area contributed by atoms with Crippen LogP contribution in [0.2, 0.25) is 0 Å². The van der Waals surface area contributed by atoms with Crippen LogP contribution in [-0.4, -0.2) is 23.3 Å². The molecule has 2 N–H and O–H groups in total. The predicted molar refractivity (Wildman–Crippen MR) is 94.5 cm³/mol. The van der Waals surface area contributed by atoms with Crippen LogP contribution in [0, 0.1) is 0 Å². The zero-order valence-electron chi connectivity index (χ0n) is 13.8. The van der Waals surface area contributed by atoms with E-state index in [9.17, 15) is 9.90 Å². The molecule has 2 aromatic carbocycles. The molecule has 126 valence electrons. The molecule has 0 aliphatic rings. The highest BCUT2D eigenvalue weighted by atomic mass is 16.5. The molecule has 0 fully saturated rings. The molecule has 2 rings (SSSR count). The number of hydrogen-bond acceptors (Lipinski definition) is 3. The van der Waals surface area contributed by atoms with Crippen LogP contribution in [-0.2, 0) is 17.8 Å². The van der Waals surface area contributed by atoms with Crippen molar-refractivity contribution >= 4 is 6.09 Å². The Kier molecular flexibility index (Phi) is 6.58. The third kappa shape index (κ3) is 5.56. The van der Waals surface area contributed by atoms with Gasteiger partial charge >= 0.3 is 6.09 Å². The Hall–Kier alpha value is -2.59. The number of aliphatic hydroxyl groups is 1. The fourth-order valence-electron chi connectivity index (χ4n) is 2.37. The normalized spacial score (nSPS) is 12.9. The van der Waals surface area contributed by atoms with Crippen molar-refractivity contribution in [1.29, 1.82) is 0 Å². The fourth-order valence-corrected chi connectivity index (χ4v) is 2.37. The molecule has 0 radical (unpaired) electrons. The molecule has 0 heterocycles. The van der Waals surface area contributed by atoms with Crippen LogP contribution in [0.15, 0.2) is 72.8 Å². The second kappa shape index (κ2) is 8.89. The van der Waals surface area contributed by atoms with Crippen molar-refractivity contribution in [3.63, 3.8) is 0 Å². The lowest BCUT2D eigenvalue weighted by molar-refractivity contribution is 0.115. The summed E-state index contributed by atoms with van der Waals surface area (Å²) in [5.74, 6) is 0. The molecule has 0 saturated carbocycles. The molecule has 2 aromatic rings. The van der Waals surface area contributed by atoms with Gasteiger partial charge in [0.2, 0.25) is 0 Å². The molecule has 0 bridgehead atoms. The zero-order valence-corrected chi connectivity index (χ0v) is 13.8. The monoisotopic (exact) mass is 325 g/mol. The highest BCUT2D eigenvalue weighted by Crippen LogP contribution is 2.11. The minimum absolute atomic E-state index is 0.188. The molecular weight excluding hydrogens is 302 g/mol. The number of ether oxygens (including phenoxy) is 1. The first-order valence-electron chi connectivity index (χ1n) is 7.91. The van der Waals surface area contributed by atoms with Crippen LogP contribution >= 0.6 is 0 Å². The van der Waals surface area contributed by atoms with E-state index in [1.54, 1.807) is 6.92 Å². The Morgan fingerprint density at radius 1 is 1.08 bits per heavy atom. The molecule has 0 unspecified atom stereocenters. The van der Waals surface area contributed by atoms with Gasteiger partial charge in [-0.1, -0.05) is 72.8 Å². The van der Waals surface area contributed by atoms with Gasteiger partial charge in [0, 0.05) is 0 Å². The Labute approximate surface area is 142 Å². The van der Waals surface area contributed by atoms with Gasteiger partial charge in [-0.15, -0.1) is 0 Å². The highest BCUT2D eigenvalue weighted by molar-refractivity contribution is 5.67. The maximum atomic E-state index is 12.1. The van der Waals surface area contributed by atoms with Crippen LogP contribution in [0.4, 0.5) is 4.79 Å². The van der Waals surface area contributed by atoms with Crippen molar-refractivity contribution in [3.05, 3.63) is 83.9 Å². The van der Waals surface area contributed by atoms with Gasteiger partial charge in [-0.3, -0.25) is 0 Å². The first kappa shape index (κ1) is 17.8. The van der Waals surface area contributed by atoms with Gasteiger partial charge in [0.15, 0.2) is 0 Å². The number of aliphatic hydroxyl groups excluding tert-OH is 1. The number of alkyl carbamates (subject to hydrolysis) is 1. The zero-order chi connectivity index (χ0) is 17.4. The van der Waals surface area contributed by atoms with E-state index in [-0.39, 0.29) is 6.61 Å². The molecular formula is C20H23NO3. The lowest BCUT2D eigenvalue weighted by Crippen LogP contribution is -2.45. The lowest BCUT2D eigenvalue weighted by atomic mass is 9.98. The summed E-state index contributed by atoms with van der Waals surface area (Å²) in [6.45, 7) is 5.70. The summed E-state index contributed by atoms with van der Waals surface area (Å²) in [4.78, 5) is 12.1. The predicted octanol–water partition coefficient (Wildman–Crippen LogP) is 3.46. The Balaban J connectivity index is 1.96. The summed E-state index contributed by atoms with van der Waals surface area (Å²) >= 11 is 0. The fraction of sp³-hybridized carbons (Fsp3) is 0.250. The molecule has 2 atom stereocenters. The van der Waals surface area contributed by atoms with E-state index in [0.29, 0.717) is 12.0 Å². The molecule has 4 nitrogen and oxygen atoms in total. The second-order valence-electron chi connectivity index (χ2n) is 5.79. The van der Waals surface area contributed by atoms with Gasteiger partial charge < -0.3 is 15.2 Å². The number of benzene rings is 2. The average Bonchev–Trinajstić information content (AvgIpc) is 2.60. The summed E-state index contributed by atoms with van der Waals surface area (Å²) in [5.41, 5.74) is 2.53. The minimum Gasteiger partial charge on any atom is -0.445 e. The number of rotatable bonds is 7. The van der Waals surface area contributed by atoms with Crippen molar-refractivity contribution in [2.45, 2.75) is 32.1 Å². The van der Waals surface area contributed by atoms with Crippen LogP contribution in [0.3, 0.4) is 0 Å². The van der Waals surface area contributed by atoms with Gasteiger partial charge in [0.25, 0.3) is 0 Å². The average molecular weight is 325 g/mol. The maximum absolute atomic E-state index is 12.1. The standard InChI is InChI=1S/C20H23NO3/c1-15(2)19(22)18(13-16-9-5-3-6-10-16)21-20(23)24-14-17-11-7-4-8-12-17/h3-12,18-19,22H,1,13-14H2,2H3,(H,21,23)/t18-,19+/m0/s1. The number of hydrogen-bond donors (Lipinski definition) is 2. The van der Waals surface area contributed by atoms with E-state index in [2.05, 4.69) is 11.9 Å². The third-order valence-corrected chi connectivity index (χ3v) is 3.70. The van der Waals surface area contributed by atoms with Gasteiger partial charge in [0.05, 0.1) is 12.1 Å². The first-order valence-corrected chi connectivity index (χ1v) is 7.91. The minimum atomic E-state index is -0.838. The molecule has 0 aliphatic heterocycles. The summed E-state index contributed by atoms with van der Waals surface area (Å²) in [6, 6.07) is 18.6. The summed E-state index contributed by atoms with van der Waals surface area (Å²) in [7, 11) is 0. The van der Waals surface area contributed by atoms with Crippen LogP contribution < -0.4 is 5.32 Å². The lowest BCUT2D eigenvalue weighted by Gasteiger charge is -2.24. The molecule has 4 heteroatoms. The van der Waals surface area contributed by atoms with E-state index < -0.39 is 18.2 Å². The number of amides is 1. The van der Waals surface area contributed by atoms with Gasteiger partial charge in [-0.05, 0) is 24.5 Å². The van der Waals surface area contributed by atoms with Gasteiger partial charge in [-0.25, -0.2) is 4.79 Å². The van der Waals surface area contributed by atoms with Crippen molar-refractivity contribution in [2.24, 2.45) is 0 Å². The Morgan fingerprint density at radius 2 is 1.62 bits per heavy atom. The number of carbonyl (C=O) groups is 1. The third-order valence-electron chi connectivity index (χ3n) is 3.70. The molecule has 0 spiro atoms. The van der Waals surface area contributed by atoms with Gasteiger partial charge in [0.1, 0.15) is 6.61 Å².